The first-order valence-corrected chi connectivity index (χ1v) is 9.24. The van der Waals surface area contributed by atoms with Crippen LogP contribution in [0.3, 0.4) is 0 Å². The summed E-state index contributed by atoms with van der Waals surface area (Å²) in [5.74, 6) is -0.787. The van der Waals surface area contributed by atoms with Crippen molar-refractivity contribution in [3.63, 3.8) is 0 Å². The van der Waals surface area contributed by atoms with E-state index in [9.17, 15) is 14.4 Å². The largest absolute Gasteiger partial charge is 0.368 e. The van der Waals surface area contributed by atoms with E-state index in [-0.39, 0.29) is 18.2 Å². The number of benzene rings is 2. The van der Waals surface area contributed by atoms with Gasteiger partial charge in [0.05, 0.1) is 0 Å². The molecule has 1 saturated heterocycles. The normalized spacial score (nSPS) is 20.3. The van der Waals surface area contributed by atoms with Gasteiger partial charge in [-0.25, -0.2) is 0 Å². The zero-order valence-corrected chi connectivity index (χ0v) is 15.5. The van der Waals surface area contributed by atoms with Crippen molar-refractivity contribution in [1.29, 1.82) is 0 Å². The van der Waals surface area contributed by atoms with Gasteiger partial charge in [0.25, 0.3) is 0 Å². The lowest BCUT2D eigenvalue weighted by Gasteiger charge is -2.29. The highest BCUT2D eigenvalue weighted by atomic mass is 16.2. The number of carbonyl (C=O) groups excluding carboxylic acids is 3. The van der Waals surface area contributed by atoms with E-state index in [1.807, 2.05) is 12.1 Å². The Balaban J connectivity index is 1.71. The Morgan fingerprint density at radius 1 is 1.22 bits per heavy atom. The maximum atomic E-state index is 12.1. The molecule has 2 aromatic carbocycles. The summed E-state index contributed by atoms with van der Waals surface area (Å²) in [6.07, 6.45) is 2.57. The first-order chi connectivity index (χ1) is 12.9. The van der Waals surface area contributed by atoms with Gasteiger partial charge in [-0.15, -0.1) is 0 Å². The Bertz CT molecular complexity index is 880. The van der Waals surface area contributed by atoms with Gasteiger partial charge >= 0.3 is 0 Å². The van der Waals surface area contributed by atoms with E-state index in [1.54, 1.807) is 6.92 Å². The Hall–Kier alpha value is -2.89. The third-order valence-corrected chi connectivity index (χ3v) is 5.23. The van der Waals surface area contributed by atoms with Crippen molar-refractivity contribution in [3.8, 4) is 0 Å². The number of rotatable bonds is 7. The van der Waals surface area contributed by atoms with Gasteiger partial charge in [0.2, 0.25) is 17.7 Å². The molecule has 0 radical (unpaired) electrons. The predicted molar refractivity (Wildman–Crippen MR) is 104 cm³/mol. The first-order valence-electron chi connectivity index (χ1n) is 9.24. The molecule has 1 heterocycles. The van der Waals surface area contributed by atoms with E-state index >= 15 is 0 Å². The zero-order valence-electron chi connectivity index (χ0n) is 15.5. The van der Waals surface area contributed by atoms with Gasteiger partial charge in [-0.2, -0.15) is 0 Å². The highest BCUT2D eigenvalue weighted by Gasteiger charge is 2.38. The molecule has 0 bridgehead atoms. The minimum atomic E-state index is -0.702. The fourth-order valence-corrected chi connectivity index (χ4v) is 3.66. The highest BCUT2D eigenvalue weighted by Crippen LogP contribution is 2.30. The van der Waals surface area contributed by atoms with Crippen molar-refractivity contribution in [2.24, 2.45) is 5.73 Å². The summed E-state index contributed by atoms with van der Waals surface area (Å²) >= 11 is 0. The van der Waals surface area contributed by atoms with Crippen molar-refractivity contribution in [2.45, 2.75) is 50.6 Å². The van der Waals surface area contributed by atoms with Gasteiger partial charge in [-0.1, -0.05) is 42.5 Å². The first kappa shape index (κ1) is 18.9. The maximum Gasteiger partial charge on any atom is 0.239 e. The molecule has 3 rings (SSSR count). The van der Waals surface area contributed by atoms with Crippen molar-refractivity contribution >= 4 is 28.5 Å². The van der Waals surface area contributed by atoms with Gasteiger partial charge < -0.3 is 16.4 Å². The van der Waals surface area contributed by atoms with Gasteiger partial charge in [-0.3, -0.25) is 14.4 Å². The number of fused-ring (bicyclic) bond motifs is 1. The van der Waals surface area contributed by atoms with E-state index in [0.29, 0.717) is 25.7 Å². The maximum absolute atomic E-state index is 12.1. The van der Waals surface area contributed by atoms with Gasteiger partial charge in [0.1, 0.15) is 6.04 Å². The summed E-state index contributed by atoms with van der Waals surface area (Å²) in [7, 11) is 0. The summed E-state index contributed by atoms with van der Waals surface area (Å²) in [6, 6.07) is 13.7. The van der Waals surface area contributed by atoms with Crippen LogP contribution in [-0.2, 0) is 20.8 Å². The number of nitrogens with two attached hydrogens (primary N) is 1. The lowest BCUT2D eigenvalue weighted by atomic mass is 9.84. The highest BCUT2D eigenvalue weighted by molar-refractivity contribution is 5.86. The van der Waals surface area contributed by atoms with Crippen LogP contribution in [0, 0.1) is 0 Å². The third kappa shape index (κ3) is 4.64. The van der Waals surface area contributed by atoms with E-state index in [2.05, 4.69) is 41.0 Å². The monoisotopic (exact) mass is 367 g/mol. The average molecular weight is 367 g/mol. The van der Waals surface area contributed by atoms with Gasteiger partial charge in [0, 0.05) is 18.4 Å². The topological polar surface area (TPSA) is 101 Å². The molecule has 1 aliphatic heterocycles. The van der Waals surface area contributed by atoms with E-state index in [4.69, 9.17) is 5.73 Å². The van der Waals surface area contributed by atoms with Crippen molar-refractivity contribution < 1.29 is 14.4 Å². The zero-order chi connectivity index (χ0) is 19.4. The minimum Gasteiger partial charge on any atom is -0.368 e. The molecule has 6 nitrogen and oxygen atoms in total. The van der Waals surface area contributed by atoms with E-state index < -0.39 is 17.5 Å². The number of nitrogens with one attached hydrogen (secondary N) is 2. The molecule has 3 amide bonds. The number of hydrogen-bond donors (Lipinski definition) is 3. The average Bonchev–Trinajstić information content (AvgIpc) is 3.00. The predicted octanol–water partition coefficient (Wildman–Crippen LogP) is 1.80. The number of carbonyl (C=O) groups is 3. The molecule has 142 valence electrons. The smallest absolute Gasteiger partial charge is 0.239 e. The van der Waals surface area contributed by atoms with Crippen molar-refractivity contribution in [3.05, 3.63) is 48.0 Å². The fraction of sp³-hybridized carbons (Fsp3) is 0.381. The Labute approximate surface area is 158 Å². The van der Waals surface area contributed by atoms with Crippen LogP contribution in [0.1, 0.15) is 38.2 Å². The second kappa shape index (κ2) is 7.78. The molecule has 0 saturated carbocycles. The summed E-state index contributed by atoms with van der Waals surface area (Å²) < 4.78 is 0. The molecule has 1 unspecified atom stereocenters. The van der Waals surface area contributed by atoms with E-state index in [1.165, 1.54) is 5.39 Å². The molecule has 2 atom stereocenters. The molecule has 0 aromatic heterocycles. The van der Waals surface area contributed by atoms with Crippen molar-refractivity contribution in [1.82, 2.24) is 10.6 Å². The lowest BCUT2D eigenvalue weighted by molar-refractivity contribution is -0.127. The van der Waals surface area contributed by atoms with Crippen LogP contribution >= 0.6 is 0 Å². The summed E-state index contributed by atoms with van der Waals surface area (Å²) in [5, 5.41) is 8.01. The third-order valence-electron chi connectivity index (χ3n) is 5.23. The number of hydrogen-bond acceptors (Lipinski definition) is 3. The second-order valence-corrected chi connectivity index (χ2v) is 7.38. The van der Waals surface area contributed by atoms with Gasteiger partial charge in [-0.05, 0) is 42.5 Å². The van der Waals surface area contributed by atoms with Crippen LogP contribution in [-0.4, -0.2) is 29.3 Å². The standard InChI is InChI=1S/C21H25N3O3/c1-14(20(22)27)23-18(25)8-10-21(11-9-19(26)24-21)13-15-6-7-16-4-2-3-5-17(16)12-15/h2-7,12,14H,8-11,13H2,1H3,(H2,22,27)(H,23,25)(H,24,26)/t14-,21?/m0/s1. The summed E-state index contributed by atoms with van der Waals surface area (Å²) in [6.45, 7) is 1.56. The fourth-order valence-electron chi connectivity index (χ4n) is 3.66. The lowest BCUT2D eigenvalue weighted by Crippen LogP contribution is -2.46. The second-order valence-electron chi connectivity index (χ2n) is 7.38. The summed E-state index contributed by atoms with van der Waals surface area (Å²) in [5.41, 5.74) is 5.87. The van der Waals surface area contributed by atoms with Crippen LogP contribution in [0.25, 0.3) is 10.8 Å². The van der Waals surface area contributed by atoms with Crippen molar-refractivity contribution in [2.75, 3.05) is 0 Å². The Morgan fingerprint density at radius 2 is 1.96 bits per heavy atom. The molecule has 1 aliphatic rings. The molecule has 0 aliphatic carbocycles. The summed E-state index contributed by atoms with van der Waals surface area (Å²) in [4.78, 5) is 35.1. The van der Waals surface area contributed by atoms with Crippen LogP contribution in [0.5, 0.6) is 0 Å². The van der Waals surface area contributed by atoms with Crippen LogP contribution < -0.4 is 16.4 Å². The molecule has 27 heavy (non-hydrogen) atoms. The molecule has 0 spiro atoms. The molecular formula is C21H25N3O3. The number of primary amides is 1. The molecule has 2 aromatic rings. The molecule has 4 N–H and O–H groups in total. The Morgan fingerprint density at radius 3 is 2.63 bits per heavy atom. The molecular weight excluding hydrogens is 342 g/mol. The minimum absolute atomic E-state index is 0.0155. The van der Waals surface area contributed by atoms with Crippen LogP contribution in [0.2, 0.25) is 0 Å². The van der Waals surface area contributed by atoms with Crippen LogP contribution in [0.4, 0.5) is 0 Å². The van der Waals surface area contributed by atoms with Crippen LogP contribution in [0.15, 0.2) is 42.5 Å². The quantitative estimate of drug-likeness (QED) is 0.695. The SMILES string of the molecule is C[C@H](NC(=O)CCC1(Cc2ccc3ccccc3c2)CCC(=O)N1)C(N)=O. The molecule has 6 heteroatoms. The van der Waals surface area contributed by atoms with Gasteiger partial charge in [0.15, 0.2) is 0 Å². The van der Waals surface area contributed by atoms with E-state index in [0.717, 1.165) is 10.9 Å². The number of amides is 3. The molecule has 1 fully saturated rings. The Kier molecular flexibility index (Phi) is 5.44.